The molecule has 0 heterocycles. The lowest BCUT2D eigenvalue weighted by molar-refractivity contribution is -0.146. The van der Waals surface area contributed by atoms with E-state index in [2.05, 4.69) is 22.9 Å². The SMILES string of the molecule is CCOC(=O)C(Cc1ccc(O)cc1)NC(=O)c1ccccc1Cl.CCOC(=O)C(Cc1ccc(OC(=S)Cl)cc1)NC(=O)c1ccccc1Cl. The van der Waals surface area contributed by atoms with Crippen molar-refractivity contribution in [2.24, 2.45) is 0 Å². The molecule has 2 amide bonds. The second-order valence-corrected chi connectivity index (χ2v) is 12.3. The molecule has 10 nitrogen and oxygen atoms in total. The molecule has 2 unspecified atom stereocenters. The van der Waals surface area contributed by atoms with E-state index in [-0.39, 0.29) is 41.9 Å². The molecule has 0 aliphatic rings. The van der Waals surface area contributed by atoms with E-state index in [1.807, 2.05) is 0 Å². The fourth-order valence-electron chi connectivity index (χ4n) is 4.52. The summed E-state index contributed by atoms with van der Waals surface area (Å²) in [5.41, 5.74) is 2.15. The highest BCUT2D eigenvalue weighted by Crippen LogP contribution is 2.19. The van der Waals surface area contributed by atoms with Crippen LogP contribution in [0.2, 0.25) is 10.0 Å². The summed E-state index contributed by atoms with van der Waals surface area (Å²) in [4.78, 5) is 49.3. The van der Waals surface area contributed by atoms with Crippen LogP contribution in [-0.4, -0.2) is 58.7 Å². The average molecular weight is 774 g/mol. The number of hydrogen-bond donors (Lipinski definition) is 3. The van der Waals surface area contributed by atoms with Gasteiger partial charge in [-0.1, -0.05) is 71.7 Å². The molecule has 4 aromatic carbocycles. The maximum atomic E-state index is 12.5. The van der Waals surface area contributed by atoms with E-state index in [1.165, 1.54) is 12.1 Å². The molecule has 0 aliphatic heterocycles. The lowest BCUT2D eigenvalue weighted by Crippen LogP contribution is -2.43. The van der Waals surface area contributed by atoms with Gasteiger partial charge in [0.1, 0.15) is 23.6 Å². The Hall–Kier alpha value is -4.68. The molecule has 0 fully saturated rings. The van der Waals surface area contributed by atoms with Crippen LogP contribution in [0.3, 0.4) is 0 Å². The van der Waals surface area contributed by atoms with Gasteiger partial charge in [-0.05, 0) is 97.3 Å². The van der Waals surface area contributed by atoms with Crippen molar-refractivity contribution in [1.29, 1.82) is 0 Å². The summed E-state index contributed by atoms with van der Waals surface area (Å²) in [5.74, 6) is -1.34. The molecule has 51 heavy (non-hydrogen) atoms. The molecule has 4 rings (SSSR count). The molecule has 0 spiro atoms. The van der Waals surface area contributed by atoms with Crippen molar-refractivity contribution in [3.63, 3.8) is 0 Å². The van der Waals surface area contributed by atoms with Gasteiger partial charge in [-0.3, -0.25) is 9.59 Å². The van der Waals surface area contributed by atoms with Crippen molar-refractivity contribution in [2.75, 3.05) is 13.2 Å². The van der Waals surface area contributed by atoms with Crippen molar-refractivity contribution < 1.29 is 38.5 Å². The fourth-order valence-corrected chi connectivity index (χ4v) is 5.15. The van der Waals surface area contributed by atoms with Crippen molar-refractivity contribution in [3.8, 4) is 11.5 Å². The Kier molecular flexibility index (Phi) is 16.7. The van der Waals surface area contributed by atoms with Crippen LogP contribution in [0, 0.1) is 0 Å². The molecule has 3 N–H and O–H groups in total. The Morgan fingerprint density at radius 2 is 1.06 bits per heavy atom. The van der Waals surface area contributed by atoms with Gasteiger partial charge in [0.2, 0.25) is 0 Å². The summed E-state index contributed by atoms with van der Waals surface area (Å²) < 4.78 is 15.1. The Labute approximate surface area is 316 Å². The average Bonchev–Trinajstić information content (AvgIpc) is 3.10. The number of carbonyl (C=O) groups excluding carboxylic acids is 4. The van der Waals surface area contributed by atoms with E-state index in [1.54, 1.807) is 98.8 Å². The molecule has 0 saturated carbocycles. The monoisotopic (exact) mass is 772 g/mol. The summed E-state index contributed by atoms with van der Waals surface area (Å²) in [6.07, 6.45) is 0.482. The minimum atomic E-state index is -0.866. The Morgan fingerprint density at radius 1 is 0.667 bits per heavy atom. The van der Waals surface area contributed by atoms with Crippen molar-refractivity contribution in [1.82, 2.24) is 10.6 Å². The minimum absolute atomic E-state index is 0.112. The highest BCUT2D eigenvalue weighted by molar-refractivity contribution is 7.82. The molecule has 0 saturated heterocycles. The maximum absolute atomic E-state index is 12.5. The third kappa shape index (κ3) is 13.5. The fraction of sp³-hybridized carbons (Fsp3) is 0.216. The van der Waals surface area contributed by atoms with Crippen LogP contribution in [0.25, 0.3) is 0 Å². The second-order valence-electron chi connectivity index (χ2n) is 10.6. The Morgan fingerprint density at radius 3 is 1.43 bits per heavy atom. The molecule has 14 heteroatoms. The van der Waals surface area contributed by atoms with E-state index in [0.29, 0.717) is 21.4 Å². The predicted octanol–water partition coefficient (Wildman–Crippen LogP) is 7.10. The first-order valence-corrected chi connectivity index (χ1v) is 17.1. The number of phenolic OH excluding ortho intramolecular Hbond substituents is 1. The van der Waals surface area contributed by atoms with Crippen molar-refractivity contribution in [3.05, 3.63) is 129 Å². The maximum Gasteiger partial charge on any atom is 0.328 e. The zero-order chi connectivity index (χ0) is 37.3. The number of rotatable bonds is 13. The second kappa shape index (κ2) is 20.9. The molecular weight excluding hydrogens is 739 g/mol. The van der Waals surface area contributed by atoms with Crippen molar-refractivity contribution >= 4 is 75.3 Å². The number of aromatic hydroxyl groups is 1. The number of hydrogen-bond acceptors (Lipinski definition) is 9. The van der Waals surface area contributed by atoms with Crippen LogP contribution >= 0.6 is 47.0 Å². The number of amides is 2. The van der Waals surface area contributed by atoms with Gasteiger partial charge in [-0.2, -0.15) is 0 Å². The third-order valence-corrected chi connectivity index (χ3v) is 7.75. The number of nitrogens with one attached hydrogen (secondary N) is 2. The first-order valence-electron chi connectivity index (χ1n) is 15.6. The zero-order valence-electron chi connectivity index (χ0n) is 27.6. The third-order valence-electron chi connectivity index (χ3n) is 6.93. The van der Waals surface area contributed by atoms with E-state index in [9.17, 15) is 24.3 Å². The van der Waals surface area contributed by atoms with Gasteiger partial charge in [-0.15, -0.1) is 0 Å². The Balaban J connectivity index is 0.000000277. The van der Waals surface area contributed by atoms with Crippen LogP contribution < -0.4 is 15.4 Å². The molecule has 0 bridgehead atoms. The minimum Gasteiger partial charge on any atom is -0.508 e. The molecule has 0 radical (unpaired) electrons. The van der Waals surface area contributed by atoms with Gasteiger partial charge in [0.05, 0.1) is 34.4 Å². The molecular formula is C37H35Cl3N2O8S. The summed E-state index contributed by atoms with van der Waals surface area (Å²) in [7, 11) is 0. The van der Waals surface area contributed by atoms with Crippen LogP contribution in [0.5, 0.6) is 11.5 Å². The van der Waals surface area contributed by atoms with E-state index < -0.39 is 35.8 Å². The summed E-state index contributed by atoms with van der Waals surface area (Å²) in [5, 5.41) is 15.3. The van der Waals surface area contributed by atoms with Gasteiger partial charge >= 0.3 is 11.9 Å². The van der Waals surface area contributed by atoms with E-state index in [4.69, 9.17) is 49.0 Å². The number of ether oxygens (including phenoxy) is 3. The van der Waals surface area contributed by atoms with E-state index >= 15 is 0 Å². The van der Waals surface area contributed by atoms with Crippen LogP contribution in [0.1, 0.15) is 45.7 Å². The predicted molar refractivity (Wildman–Crippen MR) is 200 cm³/mol. The standard InChI is InChI=1S/C19H17Cl2NO4S.C18H18ClNO4/c1-2-25-18(24)16(22-17(23)14-5-3-4-6-15(14)20)11-12-7-9-13(10-8-12)26-19(21)27;1-2-24-18(23)16(11-12-7-9-13(21)10-8-12)20-17(22)14-5-3-4-6-15(14)19/h3-10,16H,2,11H2,1H3,(H,22,23);3-10,16,21H,2,11H2,1H3,(H,20,22). The highest BCUT2D eigenvalue weighted by Gasteiger charge is 2.25. The first-order chi connectivity index (χ1) is 24.4. The van der Waals surface area contributed by atoms with Gasteiger partial charge in [0, 0.05) is 12.8 Å². The topological polar surface area (TPSA) is 140 Å². The lowest BCUT2D eigenvalue weighted by Gasteiger charge is -2.18. The first kappa shape index (κ1) is 40.7. The number of carbonyl (C=O) groups is 4. The molecule has 0 aromatic heterocycles. The largest absolute Gasteiger partial charge is 0.508 e. The number of thiocarbonyl (C=S) groups is 1. The molecule has 268 valence electrons. The van der Waals surface area contributed by atoms with Gasteiger partial charge in [0.15, 0.2) is 0 Å². The van der Waals surface area contributed by atoms with Crippen LogP contribution in [0.15, 0.2) is 97.1 Å². The van der Waals surface area contributed by atoms with E-state index in [0.717, 1.165) is 11.1 Å². The number of esters is 2. The van der Waals surface area contributed by atoms with Gasteiger partial charge in [0.25, 0.3) is 16.3 Å². The quantitative estimate of drug-likeness (QED) is 0.0738. The summed E-state index contributed by atoms with van der Waals surface area (Å²) in [6, 6.07) is 24.7. The van der Waals surface area contributed by atoms with Gasteiger partial charge in [-0.25, -0.2) is 9.59 Å². The zero-order valence-corrected chi connectivity index (χ0v) is 30.7. The van der Waals surface area contributed by atoms with Crippen molar-refractivity contribution in [2.45, 2.75) is 38.8 Å². The number of benzene rings is 4. The van der Waals surface area contributed by atoms with Crippen LogP contribution in [-0.2, 0) is 31.9 Å². The van der Waals surface area contributed by atoms with Gasteiger partial charge < -0.3 is 30.0 Å². The molecule has 0 aliphatic carbocycles. The normalized spacial score (nSPS) is 11.5. The highest BCUT2D eigenvalue weighted by atomic mass is 35.5. The number of halogens is 3. The smallest absolute Gasteiger partial charge is 0.328 e. The summed E-state index contributed by atoms with van der Waals surface area (Å²) in [6.45, 7) is 3.82. The summed E-state index contributed by atoms with van der Waals surface area (Å²) >= 11 is 22.3. The van der Waals surface area contributed by atoms with Crippen LogP contribution in [0.4, 0.5) is 0 Å². The molecule has 4 aromatic rings. The molecule has 2 atom stereocenters. The lowest BCUT2D eigenvalue weighted by atomic mass is 10.0. The Bertz CT molecular complexity index is 1810. The number of phenols is 1.